The van der Waals surface area contributed by atoms with Crippen LogP contribution in [-0.2, 0) is 9.59 Å². The summed E-state index contributed by atoms with van der Waals surface area (Å²) in [6, 6.07) is 12.3. The fourth-order valence-corrected chi connectivity index (χ4v) is 3.10. The molecule has 0 aromatic heterocycles. The van der Waals surface area contributed by atoms with Crippen molar-refractivity contribution in [1.29, 1.82) is 0 Å². The van der Waals surface area contributed by atoms with Crippen molar-refractivity contribution < 1.29 is 9.59 Å². The fourth-order valence-electron chi connectivity index (χ4n) is 2.45. The molecule has 0 aliphatic carbocycles. The van der Waals surface area contributed by atoms with Crippen molar-refractivity contribution in [2.45, 2.75) is 6.92 Å². The number of anilines is 1. The first-order chi connectivity index (χ1) is 11.9. The van der Waals surface area contributed by atoms with Crippen LogP contribution in [0.1, 0.15) is 11.1 Å². The molecule has 2 aromatic rings. The van der Waals surface area contributed by atoms with E-state index in [-0.39, 0.29) is 20.7 Å². The molecule has 25 heavy (non-hydrogen) atoms. The Morgan fingerprint density at radius 1 is 1.08 bits per heavy atom. The van der Waals surface area contributed by atoms with Gasteiger partial charge in [0.1, 0.15) is 5.57 Å². The molecule has 7 heteroatoms. The van der Waals surface area contributed by atoms with E-state index in [1.165, 1.54) is 4.90 Å². The summed E-state index contributed by atoms with van der Waals surface area (Å²) >= 11 is 17.4. The maximum atomic E-state index is 12.9. The number of halogens is 2. The van der Waals surface area contributed by atoms with Crippen molar-refractivity contribution in [2.75, 3.05) is 4.90 Å². The number of nitrogens with zero attached hydrogens (tertiary/aromatic N) is 1. The predicted octanol–water partition coefficient (Wildman–Crippen LogP) is 4.13. The molecule has 1 heterocycles. The van der Waals surface area contributed by atoms with Crippen molar-refractivity contribution in [3.05, 3.63) is 69.2 Å². The Morgan fingerprint density at radius 2 is 1.80 bits per heavy atom. The number of benzene rings is 2. The highest BCUT2D eigenvalue weighted by Crippen LogP contribution is 2.34. The maximum absolute atomic E-state index is 12.9. The van der Waals surface area contributed by atoms with Gasteiger partial charge in [0.2, 0.25) is 0 Å². The standard InChI is InChI=1S/C18H12Cl2N2O2S/c1-10-5-2-3-6-11(10)9-12-16(23)21-18(25)22(17(12)24)14-8-4-7-13(19)15(14)20/h2-9H,1H3,(H,21,23,25)/b12-9+. The number of carbonyl (C=O) groups is 2. The first kappa shape index (κ1) is 17.6. The van der Waals surface area contributed by atoms with E-state index in [1.807, 2.05) is 31.2 Å². The Hall–Kier alpha value is -2.21. The molecule has 1 N–H and O–H groups in total. The molecule has 0 spiro atoms. The van der Waals surface area contributed by atoms with Gasteiger partial charge in [-0.3, -0.25) is 19.8 Å². The van der Waals surface area contributed by atoms with E-state index in [9.17, 15) is 9.59 Å². The highest BCUT2D eigenvalue weighted by Gasteiger charge is 2.35. The molecular formula is C18H12Cl2N2O2S. The van der Waals surface area contributed by atoms with Crippen LogP contribution in [0.4, 0.5) is 5.69 Å². The average Bonchev–Trinajstić information content (AvgIpc) is 2.56. The highest BCUT2D eigenvalue weighted by molar-refractivity contribution is 7.80. The van der Waals surface area contributed by atoms with Crippen LogP contribution in [0, 0.1) is 6.92 Å². The van der Waals surface area contributed by atoms with Crippen LogP contribution in [0.25, 0.3) is 6.08 Å². The molecular weight excluding hydrogens is 379 g/mol. The van der Waals surface area contributed by atoms with Gasteiger partial charge in [-0.15, -0.1) is 0 Å². The Bertz CT molecular complexity index is 940. The van der Waals surface area contributed by atoms with Gasteiger partial charge >= 0.3 is 0 Å². The highest BCUT2D eigenvalue weighted by atomic mass is 35.5. The Kier molecular flexibility index (Phi) is 4.90. The van der Waals surface area contributed by atoms with E-state index < -0.39 is 11.8 Å². The molecule has 0 radical (unpaired) electrons. The molecule has 1 saturated heterocycles. The summed E-state index contributed by atoms with van der Waals surface area (Å²) in [4.78, 5) is 26.4. The molecule has 2 amide bonds. The van der Waals surface area contributed by atoms with Gasteiger partial charge in [0, 0.05) is 0 Å². The van der Waals surface area contributed by atoms with Gasteiger partial charge in [-0.1, -0.05) is 53.5 Å². The smallest absolute Gasteiger partial charge is 0.270 e. The zero-order valence-electron chi connectivity index (χ0n) is 13.0. The zero-order chi connectivity index (χ0) is 18.1. The second-order valence-electron chi connectivity index (χ2n) is 5.39. The number of nitrogens with one attached hydrogen (secondary N) is 1. The maximum Gasteiger partial charge on any atom is 0.270 e. The van der Waals surface area contributed by atoms with Crippen molar-refractivity contribution >= 4 is 64.1 Å². The largest absolute Gasteiger partial charge is 0.298 e. The van der Waals surface area contributed by atoms with E-state index in [2.05, 4.69) is 5.32 Å². The Morgan fingerprint density at radius 3 is 2.52 bits per heavy atom. The molecule has 0 saturated carbocycles. The second kappa shape index (κ2) is 6.96. The number of aryl methyl sites for hydroxylation is 1. The van der Waals surface area contributed by atoms with Gasteiger partial charge in [-0.25, -0.2) is 0 Å². The van der Waals surface area contributed by atoms with Crippen LogP contribution in [0.15, 0.2) is 48.0 Å². The van der Waals surface area contributed by atoms with Crippen LogP contribution in [0.5, 0.6) is 0 Å². The van der Waals surface area contributed by atoms with Gasteiger partial charge in [0.25, 0.3) is 11.8 Å². The SMILES string of the molecule is Cc1ccccc1/C=C1\C(=O)NC(=S)N(c2cccc(Cl)c2Cl)C1=O. The number of hydrogen-bond donors (Lipinski definition) is 1. The summed E-state index contributed by atoms with van der Waals surface area (Å²) in [5.41, 5.74) is 2.00. The summed E-state index contributed by atoms with van der Waals surface area (Å²) in [6.07, 6.45) is 1.54. The van der Waals surface area contributed by atoms with Crippen LogP contribution in [-0.4, -0.2) is 16.9 Å². The quantitative estimate of drug-likeness (QED) is 0.476. The molecule has 1 fully saturated rings. The van der Waals surface area contributed by atoms with Crippen LogP contribution in [0.3, 0.4) is 0 Å². The lowest BCUT2D eigenvalue weighted by atomic mass is 10.0. The van der Waals surface area contributed by atoms with E-state index in [1.54, 1.807) is 24.3 Å². The first-order valence-corrected chi connectivity index (χ1v) is 8.47. The first-order valence-electron chi connectivity index (χ1n) is 7.31. The number of amides is 2. The third-order valence-electron chi connectivity index (χ3n) is 3.76. The second-order valence-corrected chi connectivity index (χ2v) is 6.56. The van der Waals surface area contributed by atoms with Crippen LogP contribution in [0.2, 0.25) is 10.0 Å². The summed E-state index contributed by atoms with van der Waals surface area (Å²) in [7, 11) is 0. The molecule has 3 rings (SSSR count). The van der Waals surface area contributed by atoms with Crippen molar-refractivity contribution in [2.24, 2.45) is 0 Å². The molecule has 1 aliphatic rings. The molecule has 1 aliphatic heterocycles. The minimum absolute atomic E-state index is 0.0288. The predicted molar refractivity (Wildman–Crippen MR) is 104 cm³/mol. The van der Waals surface area contributed by atoms with Crippen molar-refractivity contribution in [1.82, 2.24) is 5.32 Å². The van der Waals surface area contributed by atoms with Gasteiger partial charge in [-0.05, 0) is 48.5 Å². The Balaban J connectivity index is 2.09. The van der Waals surface area contributed by atoms with Gasteiger partial charge in [0.15, 0.2) is 5.11 Å². The van der Waals surface area contributed by atoms with Gasteiger partial charge < -0.3 is 0 Å². The van der Waals surface area contributed by atoms with Crippen molar-refractivity contribution in [3.63, 3.8) is 0 Å². The zero-order valence-corrected chi connectivity index (χ0v) is 15.4. The summed E-state index contributed by atoms with van der Waals surface area (Å²) in [6.45, 7) is 1.90. The normalized spacial score (nSPS) is 16.4. The number of rotatable bonds is 2. The molecule has 0 unspecified atom stereocenters. The third-order valence-corrected chi connectivity index (χ3v) is 4.86. The lowest BCUT2D eigenvalue weighted by Crippen LogP contribution is -2.54. The van der Waals surface area contributed by atoms with E-state index in [0.717, 1.165) is 11.1 Å². The minimum atomic E-state index is -0.554. The monoisotopic (exact) mass is 390 g/mol. The van der Waals surface area contributed by atoms with E-state index in [0.29, 0.717) is 5.69 Å². The van der Waals surface area contributed by atoms with Crippen molar-refractivity contribution in [3.8, 4) is 0 Å². The molecule has 0 atom stereocenters. The average molecular weight is 391 g/mol. The molecule has 126 valence electrons. The molecule has 2 aromatic carbocycles. The number of thiocarbonyl (C=S) groups is 1. The molecule has 0 bridgehead atoms. The summed E-state index contributed by atoms with van der Waals surface area (Å²) in [5, 5.41) is 2.96. The summed E-state index contributed by atoms with van der Waals surface area (Å²) < 4.78 is 0. The topological polar surface area (TPSA) is 49.4 Å². The Labute approximate surface area is 160 Å². The van der Waals surface area contributed by atoms with Gasteiger partial charge in [0.05, 0.1) is 15.7 Å². The fraction of sp³-hybridized carbons (Fsp3) is 0.0556. The molecule has 4 nitrogen and oxygen atoms in total. The van der Waals surface area contributed by atoms with E-state index in [4.69, 9.17) is 35.4 Å². The van der Waals surface area contributed by atoms with Crippen LogP contribution >= 0.6 is 35.4 Å². The van der Waals surface area contributed by atoms with E-state index >= 15 is 0 Å². The lowest BCUT2D eigenvalue weighted by molar-refractivity contribution is -0.122. The number of carbonyl (C=O) groups excluding carboxylic acids is 2. The van der Waals surface area contributed by atoms with Crippen LogP contribution < -0.4 is 10.2 Å². The number of hydrogen-bond acceptors (Lipinski definition) is 3. The lowest BCUT2D eigenvalue weighted by Gasteiger charge is -2.29. The van der Waals surface area contributed by atoms with Gasteiger partial charge in [-0.2, -0.15) is 0 Å². The summed E-state index contributed by atoms with van der Waals surface area (Å²) in [5.74, 6) is -1.10. The third kappa shape index (κ3) is 3.31. The minimum Gasteiger partial charge on any atom is -0.298 e.